The van der Waals surface area contributed by atoms with Crippen LogP contribution in [0, 0.1) is 0 Å². The fourth-order valence-electron chi connectivity index (χ4n) is 8.20. The predicted octanol–water partition coefficient (Wildman–Crippen LogP) is 9.29. The van der Waals surface area contributed by atoms with Crippen LogP contribution in [0.25, 0.3) is 11.2 Å². The molecule has 0 bridgehead atoms. The normalized spacial score (nSPS) is 12.9. The third kappa shape index (κ3) is 28.3. The third-order valence-electron chi connectivity index (χ3n) is 12.5. The van der Waals surface area contributed by atoms with Gasteiger partial charge in [0.05, 0.1) is 31.6 Å². The van der Waals surface area contributed by atoms with E-state index in [2.05, 4.69) is 44.4 Å². The maximum Gasteiger partial charge on any atom is 0.472 e. The van der Waals surface area contributed by atoms with Gasteiger partial charge in [0.2, 0.25) is 11.9 Å². The van der Waals surface area contributed by atoms with Crippen molar-refractivity contribution in [2.45, 2.75) is 199 Å². The van der Waals surface area contributed by atoms with Crippen molar-refractivity contribution >= 4 is 66.2 Å². The summed E-state index contributed by atoms with van der Waals surface area (Å²) in [6.07, 6.45) is 24.7. The smallest absolute Gasteiger partial charge is 0.472 e. The number of nitrogen functional groups attached to an aromatic ring is 2. The van der Waals surface area contributed by atoms with E-state index in [1.807, 2.05) is 4.90 Å². The van der Waals surface area contributed by atoms with Gasteiger partial charge in [0, 0.05) is 44.1 Å². The fourth-order valence-corrected chi connectivity index (χ4v) is 8.95. The predicted molar refractivity (Wildman–Crippen MR) is 288 cm³/mol. The van der Waals surface area contributed by atoms with Gasteiger partial charge in [-0.1, -0.05) is 142 Å². The van der Waals surface area contributed by atoms with Gasteiger partial charge >= 0.3 is 25.7 Å². The molecule has 3 rings (SSSR count). The highest BCUT2D eigenvalue weighted by atomic mass is 31.2. The van der Waals surface area contributed by atoms with Crippen LogP contribution in [0.4, 0.5) is 17.5 Å². The molecule has 2 amide bonds. The van der Waals surface area contributed by atoms with Gasteiger partial charge in [-0.05, 0) is 43.5 Å². The van der Waals surface area contributed by atoms with Gasteiger partial charge in [0.15, 0.2) is 23.1 Å². The number of carboxylic acids is 1. The van der Waals surface area contributed by atoms with E-state index in [-0.39, 0.29) is 55.4 Å². The number of fused-ring (bicyclic) bond motifs is 1. The number of phosphoric acid groups is 1. The summed E-state index contributed by atoms with van der Waals surface area (Å²) in [6, 6.07) is 5.15. The molecule has 2 unspecified atom stereocenters. The summed E-state index contributed by atoms with van der Waals surface area (Å²) in [7, 11) is -3.00. The Bertz CT molecular complexity index is 2210. The van der Waals surface area contributed by atoms with Crippen LogP contribution < -0.4 is 27.0 Å². The number of hydrogen-bond acceptors (Lipinski definition) is 17. The van der Waals surface area contributed by atoms with Gasteiger partial charge in [-0.25, -0.2) is 14.5 Å². The topological polar surface area (TPSA) is 311 Å². The number of aliphatic carboxylic acids is 1. The maximum atomic E-state index is 13.3. The molecule has 0 spiro atoms. The van der Waals surface area contributed by atoms with Gasteiger partial charge in [0.1, 0.15) is 12.6 Å². The van der Waals surface area contributed by atoms with Crippen LogP contribution in [0.3, 0.4) is 0 Å². The number of rotatable bonds is 43. The zero-order valence-electron chi connectivity index (χ0n) is 44.8. The molecule has 0 radical (unpaired) electrons. The number of aromatic nitrogens is 4. The first-order valence-electron chi connectivity index (χ1n) is 27.2. The quantitative estimate of drug-likeness (QED) is 0.0175. The van der Waals surface area contributed by atoms with E-state index in [9.17, 15) is 38.5 Å². The molecule has 0 aliphatic rings. The number of phosphoric ester groups is 1. The van der Waals surface area contributed by atoms with Crippen LogP contribution in [-0.4, -0.2) is 105 Å². The van der Waals surface area contributed by atoms with E-state index in [1.54, 1.807) is 19.2 Å². The average Bonchev–Trinajstić information content (AvgIpc) is 3.38. The molecule has 3 aromatic rings. The van der Waals surface area contributed by atoms with Gasteiger partial charge in [-0.2, -0.15) is 9.97 Å². The molecule has 8 N–H and O–H groups in total. The number of esters is 2. The van der Waals surface area contributed by atoms with Crippen molar-refractivity contribution in [1.82, 2.24) is 30.6 Å². The van der Waals surface area contributed by atoms with E-state index in [0.717, 1.165) is 44.9 Å². The molecule has 0 aliphatic heterocycles. The minimum absolute atomic E-state index is 0.0148. The molecule has 0 aliphatic carbocycles. The average molecular weight is 1070 g/mol. The Morgan fingerprint density at radius 2 is 1.25 bits per heavy atom. The maximum absolute atomic E-state index is 13.3. The lowest BCUT2D eigenvalue weighted by Crippen LogP contribution is -2.47. The Labute approximate surface area is 443 Å². The molecule has 3 atom stereocenters. The van der Waals surface area contributed by atoms with Crippen LogP contribution in [0.15, 0.2) is 30.5 Å². The SMILES string of the molecule is CCCCCCCCCCCCCC(=O)OCC(COP(=O)(O)OCCNC(=O)[C@H](CCC(=O)O)NC(=O)c1ccc(N(C)Cc2cnc3nc(N)nc(N)c3n2)cc1)OC(=O)CCCCCCCCCCCCC. The monoisotopic (exact) mass is 1070 g/mol. The number of carbonyl (C=O) groups excluding carboxylic acids is 4. The molecule has 420 valence electrons. The Morgan fingerprint density at radius 3 is 1.81 bits per heavy atom. The first-order chi connectivity index (χ1) is 36.1. The summed E-state index contributed by atoms with van der Waals surface area (Å²) in [5.74, 6) is -3.54. The van der Waals surface area contributed by atoms with Crippen molar-refractivity contribution in [3.8, 4) is 0 Å². The molecular weight excluding hydrogens is 986 g/mol. The molecule has 2 heterocycles. The Hall–Kier alpha value is -5.50. The van der Waals surface area contributed by atoms with Crippen LogP contribution in [0.5, 0.6) is 0 Å². The number of ether oxygens (including phenoxy) is 2. The van der Waals surface area contributed by atoms with Crippen LogP contribution in [-0.2, 0) is 48.8 Å². The first kappa shape index (κ1) is 63.8. The zero-order chi connectivity index (χ0) is 54.7. The molecule has 2 aromatic heterocycles. The second-order valence-corrected chi connectivity index (χ2v) is 20.6. The summed E-state index contributed by atoms with van der Waals surface area (Å²) >= 11 is 0. The number of hydrogen-bond donors (Lipinski definition) is 6. The molecule has 1 aromatic carbocycles. The summed E-state index contributed by atoms with van der Waals surface area (Å²) in [6.45, 7) is 2.89. The highest BCUT2D eigenvalue weighted by Crippen LogP contribution is 2.43. The Balaban J connectivity index is 1.47. The number of unbranched alkanes of at least 4 members (excludes halogenated alkanes) is 20. The fraction of sp³-hybridized carbons (Fsp3) is 0.679. The first-order valence-corrected chi connectivity index (χ1v) is 28.7. The van der Waals surface area contributed by atoms with Crippen molar-refractivity contribution in [3.05, 3.63) is 41.7 Å². The summed E-state index contributed by atoms with van der Waals surface area (Å²) < 4.78 is 34.2. The summed E-state index contributed by atoms with van der Waals surface area (Å²) in [5.41, 5.74) is 13.6. The van der Waals surface area contributed by atoms with Crippen LogP contribution in [0.2, 0.25) is 0 Å². The van der Waals surface area contributed by atoms with Crippen molar-refractivity contribution < 1.29 is 57.1 Å². The summed E-state index contributed by atoms with van der Waals surface area (Å²) in [5, 5.41) is 14.4. The Morgan fingerprint density at radius 1 is 0.707 bits per heavy atom. The largest absolute Gasteiger partial charge is 0.481 e. The zero-order valence-corrected chi connectivity index (χ0v) is 45.7. The minimum atomic E-state index is -4.80. The standard InChI is InChI=1S/C53H86N9O12P/c1-4-6-8-10-12-14-16-18-20-22-24-26-46(65)71-38-43(74-47(66)27-25-23-21-19-17-15-13-11-9-7-5-2)39-73-75(69,70)72-35-34-56-52(68)44(32-33-45(63)64)59-51(67)40-28-30-42(31-29-40)62(3)37-41-36-57-50-48(58-41)49(54)60-53(55)61-50/h28-31,36,43-44H,4-27,32-35,37-39H2,1-3H3,(H,56,68)(H,59,67)(H,63,64)(H,69,70)(H4,54,55,57,60,61)/t43?,44-/m0/s1. The van der Waals surface area contributed by atoms with E-state index in [4.69, 9.17) is 30.0 Å². The molecule has 0 saturated heterocycles. The third-order valence-corrected chi connectivity index (χ3v) is 13.5. The molecule has 22 heteroatoms. The molecule has 75 heavy (non-hydrogen) atoms. The van der Waals surface area contributed by atoms with Gasteiger partial charge < -0.3 is 46.5 Å². The number of nitrogens with zero attached hydrogens (tertiary/aromatic N) is 5. The number of nitrogens with one attached hydrogen (secondary N) is 2. The van der Waals surface area contributed by atoms with Crippen LogP contribution in [0.1, 0.15) is 197 Å². The number of amides is 2. The highest BCUT2D eigenvalue weighted by Gasteiger charge is 2.27. The van der Waals surface area contributed by atoms with E-state index in [1.165, 1.54) is 102 Å². The Kier molecular flexibility index (Phi) is 31.7. The number of carbonyl (C=O) groups is 5. The second kappa shape index (κ2) is 37.3. The summed E-state index contributed by atoms with van der Waals surface area (Å²) in [4.78, 5) is 92.6. The van der Waals surface area contributed by atoms with E-state index < -0.39 is 69.3 Å². The van der Waals surface area contributed by atoms with Crippen molar-refractivity contribution in [3.63, 3.8) is 0 Å². The van der Waals surface area contributed by atoms with Gasteiger partial charge in [-0.15, -0.1) is 0 Å². The molecule has 0 saturated carbocycles. The number of carboxylic acid groups (broad SMARTS) is 1. The van der Waals surface area contributed by atoms with Gasteiger partial charge in [-0.3, -0.25) is 33.0 Å². The van der Waals surface area contributed by atoms with Gasteiger partial charge in [0.25, 0.3) is 5.91 Å². The van der Waals surface area contributed by atoms with Crippen molar-refractivity contribution in [2.75, 3.05) is 49.8 Å². The van der Waals surface area contributed by atoms with Crippen LogP contribution >= 0.6 is 7.82 Å². The lowest BCUT2D eigenvalue weighted by Gasteiger charge is -2.21. The van der Waals surface area contributed by atoms with E-state index in [0.29, 0.717) is 36.3 Å². The lowest BCUT2D eigenvalue weighted by atomic mass is 10.1. The van der Waals surface area contributed by atoms with Crippen molar-refractivity contribution in [2.24, 2.45) is 0 Å². The number of nitrogens with two attached hydrogens (primary N) is 2. The minimum Gasteiger partial charge on any atom is -0.481 e. The molecule has 0 fully saturated rings. The highest BCUT2D eigenvalue weighted by molar-refractivity contribution is 7.47. The molecule has 21 nitrogen and oxygen atoms in total. The lowest BCUT2D eigenvalue weighted by molar-refractivity contribution is -0.161. The molecular formula is C53H86N9O12P. The van der Waals surface area contributed by atoms with Crippen molar-refractivity contribution in [1.29, 1.82) is 0 Å². The number of anilines is 3. The number of benzene rings is 1. The second-order valence-electron chi connectivity index (χ2n) is 19.1. The van der Waals surface area contributed by atoms with E-state index >= 15 is 0 Å².